The zero-order valence-electron chi connectivity index (χ0n) is 15.8. The van der Waals surface area contributed by atoms with E-state index in [1.807, 2.05) is 44.2 Å². The van der Waals surface area contributed by atoms with Crippen LogP contribution >= 0.6 is 0 Å². The average molecular weight is 396 g/mol. The molecule has 0 spiro atoms. The first-order chi connectivity index (χ1) is 13.5. The third kappa shape index (κ3) is 3.58. The van der Waals surface area contributed by atoms with Gasteiger partial charge in [-0.05, 0) is 32.0 Å². The van der Waals surface area contributed by atoms with Crippen molar-refractivity contribution >= 4 is 21.8 Å². The van der Waals surface area contributed by atoms with Crippen molar-refractivity contribution in [1.29, 1.82) is 0 Å². The van der Waals surface area contributed by atoms with E-state index in [9.17, 15) is 4.21 Å². The van der Waals surface area contributed by atoms with Crippen molar-refractivity contribution in [3.63, 3.8) is 0 Å². The predicted octanol–water partition coefficient (Wildman–Crippen LogP) is 2.74. The van der Waals surface area contributed by atoms with Crippen LogP contribution in [0.5, 0.6) is 0 Å². The molecule has 4 aromatic rings. The van der Waals surface area contributed by atoms with Gasteiger partial charge >= 0.3 is 0 Å². The minimum absolute atomic E-state index is 0.393. The van der Waals surface area contributed by atoms with E-state index in [4.69, 9.17) is 4.74 Å². The van der Waals surface area contributed by atoms with Gasteiger partial charge < -0.3 is 4.74 Å². The van der Waals surface area contributed by atoms with Crippen LogP contribution in [0.3, 0.4) is 0 Å². The first-order valence-electron chi connectivity index (χ1n) is 8.70. The highest BCUT2D eigenvalue weighted by molar-refractivity contribution is 7.85. The van der Waals surface area contributed by atoms with Gasteiger partial charge in [-0.15, -0.1) is 0 Å². The van der Waals surface area contributed by atoms with E-state index in [0.717, 1.165) is 16.6 Å². The number of H-pyrrole nitrogens is 1. The molecule has 0 fully saturated rings. The van der Waals surface area contributed by atoms with Crippen molar-refractivity contribution in [2.24, 2.45) is 0 Å². The Bertz CT molecular complexity index is 1140. The van der Waals surface area contributed by atoms with Gasteiger partial charge in [0.15, 0.2) is 11.5 Å². The van der Waals surface area contributed by atoms with E-state index < -0.39 is 16.4 Å². The largest absolute Gasteiger partial charge is 0.378 e. The molecule has 0 saturated heterocycles. The molecule has 28 heavy (non-hydrogen) atoms. The molecule has 0 aliphatic heterocycles. The molecule has 9 heteroatoms. The maximum Gasteiger partial charge on any atom is 0.162 e. The Morgan fingerprint density at radius 3 is 2.82 bits per heavy atom. The van der Waals surface area contributed by atoms with Crippen LogP contribution in [0.25, 0.3) is 28.1 Å². The lowest BCUT2D eigenvalue weighted by Gasteiger charge is -2.21. The van der Waals surface area contributed by atoms with E-state index in [0.29, 0.717) is 22.1 Å². The molecule has 0 bridgehead atoms. The zero-order chi connectivity index (χ0) is 19.7. The molecule has 8 nitrogen and oxygen atoms in total. The molecule has 0 unspecified atom stereocenters. The molecular formula is C19H20N6O2S. The van der Waals surface area contributed by atoms with Gasteiger partial charge in [0, 0.05) is 24.3 Å². The van der Waals surface area contributed by atoms with Crippen LogP contribution < -0.4 is 0 Å². The number of hydrogen-bond acceptors (Lipinski definition) is 6. The van der Waals surface area contributed by atoms with Gasteiger partial charge in [-0.25, -0.2) is 14.6 Å². The van der Waals surface area contributed by atoms with Gasteiger partial charge in [0.1, 0.15) is 6.33 Å². The Hall–Kier alpha value is -2.91. The molecule has 144 valence electrons. The fourth-order valence-electron chi connectivity index (χ4n) is 2.80. The summed E-state index contributed by atoms with van der Waals surface area (Å²) in [5, 5.41) is 12.0. The van der Waals surface area contributed by atoms with Crippen molar-refractivity contribution in [3.05, 3.63) is 49.1 Å². The molecule has 0 aliphatic carbocycles. The van der Waals surface area contributed by atoms with Crippen LogP contribution in [-0.4, -0.2) is 52.6 Å². The number of hydrogen-bond donors (Lipinski definition) is 1. The number of nitrogens with one attached hydrogen (secondary N) is 1. The minimum atomic E-state index is -1.21. The second-order valence-electron chi connectivity index (χ2n) is 6.98. The predicted molar refractivity (Wildman–Crippen MR) is 107 cm³/mol. The number of nitrogens with zero attached hydrogens (tertiary/aromatic N) is 5. The number of aromatic nitrogens is 6. The maximum atomic E-state index is 12.7. The van der Waals surface area contributed by atoms with Crippen LogP contribution in [0.4, 0.5) is 0 Å². The molecule has 0 saturated carbocycles. The van der Waals surface area contributed by atoms with Gasteiger partial charge in [-0.2, -0.15) is 10.2 Å². The number of ether oxygens (including phenoxy) is 1. The van der Waals surface area contributed by atoms with Crippen molar-refractivity contribution < 1.29 is 8.95 Å². The molecule has 1 atom stereocenters. The Balaban J connectivity index is 1.68. The second kappa shape index (κ2) is 7.25. The second-order valence-corrected chi connectivity index (χ2v) is 8.43. The standard InChI is InChI=1S/C19H20N6O2S/c1-19(2,27-3)11-28(26)16-8-14-9-23-25(18(14)20-10-16)15-6-4-5-13(7-15)17-21-12-22-24-17/h4-10,12H,11H2,1-3H3,(H,21,22,24)/t28-/m1/s1. The first-order valence-corrected chi connectivity index (χ1v) is 10.0. The van der Waals surface area contributed by atoms with Crippen LogP contribution in [0.15, 0.2) is 53.9 Å². The molecule has 0 aliphatic rings. The van der Waals surface area contributed by atoms with Gasteiger partial charge in [-0.3, -0.25) is 9.31 Å². The minimum Gasteiger partial charge on any atom is -0.378 e. The highest BCUT2D eigenvalue weighted by atomic mass is 32.2. The summed E-state index contributed by atoms with van der Waals surface area (Å²) >= 11 is 0. The Morgan fingerprint density at radius 1 is 1.21 bits per heavy atom. The molecule has 1 aromatic carbocycles. The normalized spacial score (nSPS) is 13.1. The van der Waals surface area contributed by atoms with E-state index >= 15 is 0 Å². The number of fused-ring (bicyclic) bond motifs is 1. The van der Waals surface area contributed by atoms with Crippen LogP contribution in [0.2, 0.25) is 0 Å². The number of methoxy groups -OCH3 is 1. The van der Waals surface area contributed by atoms with E-state index in [1.165, 1.54) is 6.33 Å². The summed E-state index contributed by atoms with van der Waals surface area (Å²) in [7, 11) is 0.409. The monoisotopic (exact) mass is 396 g/mol. The summed E-state index contributed by atoms with van der Waals surface area (Å²) in [6.07, 6.45) is 4.84. The Labute approximate surface area is 164 Å². The molecule has 0 radical (unpaired) electrons. The summed E-state index contributed by atoms with van der Waals surface area (Å²) < 4.78 is 19.8. The Kier molecular flexibility index (Phi) is 4.78. The van der Waals surface area contributed by atoms with Crippen LogP contribution in [0.1, 0.15) is 13.8 Å². The summed E-state index contributed by atoms with van der Waals surface area (Å²) in [4.78, 5) is 9.36. The molecule has 1 N–H and O–H groups in total. The van der Waals surface area contributed by atoms with Gasteiger partial charge in [0.25, 0.3) is 0 Å². The third-order valence-corrected chi connectivity index (χ3v) is 6.16. The van der Waals surface area contributed by atoms with Crippen molar-refractivity contribution in [2.45, 2.75) is 24.3 Å². The zero-order valence-corrected chi connectivity index (χ0v) is 16.6. The Morgan fingerprint density at radius 2 is 2.07 bits per heavy atom. The van der Waals surface area contributed by atoms with Crippen molar-refractivity contribution in [3.8, 4) is 17.1 Å². The topological polar surface area (TPSA) is 98.6 Å². The van der Waals surface area contributed by atoms with Gasteiger partial charge in [0.05, 0.1) is 38.9 Å². The highest BCUT2D eigenvalue weighted by Crippen LogP contribution is 2.23. The maximum absolute atomic E-state index is 12.7. The lowest BCUT2D eigenvalue weighted by Crippen LogP contribution is -2.30. The highest BCUT2D eigenvalue weighted by Gasteiger charge is 2.22. The number of pyridine rings is 1. The van der Waals surface area contributed by atoms with Crippen LogP contribution in [-0.2, 0) is 15.5 Å². The average Bonchev–Trinajstić information content (AvgIpc) is 3.37. The molecule has 3 aromatic heterocycles. The van der Waals surface area contributed by atoms with Crippen molar-refractivity contribution in [2.75, 3.05) is 12.9 Å². The molecular weight excluding hydrogens is 376 g/mol. The summed E-state index contributed by atoms with van der Waals surface area (Å²) in [6.45, 7) is 3.83. The van der Waals surface area contributed by atoms with Gasteiger partial charge in [0.2, 0.25) is 0 Å². The summed E-state index contributed by atoms with van der Waals surface area (Å²) in [6, 6.07) is 9.65. The summed E-state index contributed by atoms with van der Waals surface area (Å²) in [5.74, 6) is 1.08. The van der Waals surface area contributed by atoms with Crippen molar-refractivity contribution in [1.82, 2.24) is 29.9 Å². The molecule has 4 rings (SSSR count). The fourth-order valence-corrected chi connectivity index (χ4v) is 4.15. The van der Waals surface area contributed by atoms with Gasteiger partial charge in [-0.1, -0.05) is 12.1 Å². The van der Waals surface area contributed by atoms with E-state index in [1.54, 1.807) is 24.2 Å². The fraction of sp³-hybridized carbons (Fsp3) is 0.263. The summed E-state index contributed by atoms with van der Waals surface area (Å²) in [5.41, 5.74) is 1.98. The lowest BCUT2D eigenvalue weighted by molar-refractivity contribution is 0.0433. The third-order valence-electron chi connectivity index (χ3n) is 4.46. The molecule has 3 heterocycles. The smallest absolute Gasteiger partial charge is 0.162 e. The number of rotatable bonds is 6. The van der Waals surface area contributed by atoms with Crippen LogP contribution in [0, 0.1) is 0 Å². The quantitative estimate of drug-likeness (QED) is 0.538. The number of aromatic amines is 1. The molecule has 0 amide bonds. The van der Waals surface area contributed by atoms with E-state index in [2.05, 4.69) is 25.3 Å². The lowest BCUT2D eigenvalue weighted by atomic mass is 10.2. The SMILES string of the molecule is COC(C)(C)C[S@@](=O)c1cnc2c(cnn2-c2cccc(-c3ncn[nH]3)c2)c1. The number of benzene rings is 1. The first kappa shape index (κ1) is 18.5. The van der Waals surface area contributed by atoms with E-state index in [-0.39, 0.29) is 0 Å².